The van der Waals surface area contributed by atoms with Gasteiger partial charge in [0.15, 0.2) is 0 Å². The minimum atomic E-state index is -0.277. The van der Waals surface area contributed by atoms with E-state index in [0.717, 1.165) is 5.56 Å². The normalized spacial score (nSPS) is 15.1. The summed E-state index contributed by atoms with van der Waals surface area (Å²) in [5.74, 6) is 0.484. The van der Waals surface area contributed by atoms with Gasteiger partial charge in [-0.1, -0.05) is 11.6 Å². The van der Waals surface area contributed by atoms with E-state index < -0.39 is 0 Å². The van der Waals surface area contributed by atoms with Crippen LogP contribution in [-0.2, 0) is 0 Å². The maximum Gasteiger partial charge on any atom is 0.317 e. The van der Waals surface area contributed by atoms with Gasteiger partial charge in [-0.25, -0.2) is 4.79 Å². The molecule has 0 unspecified atom stereocenters. The molecule has 0 radical (unpaired) electrons. The number of methoxy groups -OCH3 is 1. The van der Waals surface area contributed by atoms with Crippen LogP contribution in [0.25, 0.3) is 0 Å². The summed E-state index contributed by atoms with van der Waals surface area (Å²) < 4.78 is 5.18. The predicted octanol–water partition coefficient (Wildman–Crippen LogP) is 2.92. The van der Waals surface area contributed by atoms with Crippen LogP contribution in [-0.4, -0.2) is 60.6 Å². The number of urea groups is 1. The summed E-state index contributed by atoms with van der Waals surface area (Å²) in [7, 11) is 1.55. The zero-order valence-electron chi connectivity index (χ0n) is 15.5. The highest BCUT2D eigenvalue weighted by molar-refractivity contribution is 6.32. The second kappa shape index (κ2) is 7.52. The van der Waals surface area contributed by atoms with E-state index in [1.54, 1.807) is 29.0 Å². The SMILES string of the molecule is COc1cc(C)c(C(=O)N2CCN(C(=O)NC(C)(C)C)CC2)cc1Cl. The highest BCUT2D eigenvalue weighted by Gasteiger charge is 2.27. The fourth-order valence-electron chi connectivity index (χ4n) is 2.72. The Labute approximate surface area is 154 Å². The quantitative estimate of drug-likeness (QED) is 0.874. The van der Waals surface area contributed by atoms with Crippen LogP contribution in [0.2, 0.25) is 5.02 Å². The second-order valence-electron chi connectivity index (χ2n) is 7.26. The molecular formula is C18H26ClN3O3. The van der Waals surface area contributed by atoms with Crippen molar-refractivity contribution >= 4 is 23.5 Å². The Hall–Kier alpha value is -1.95. The average molecular weight is 368 g/mol. The van der Waals surface area contributed by atoms with Crippen molar-refractivity contribution in [3.05, 3.63) is 28.3 Å². The molecule has 0 saturated carbocycles. The molecule has 0 atom stereocenters. The second-order valence-corrected chi connectivity index (χ2v) is 7.67. The minimum absolute atomic E-state index is 0.0714. The van der Waals surface area contributed by atoms with E-state index in [-0.39, 0.29) is 17.5 Å². The summed E-state index contributed by atoms with van der Waals surface area (Å²) in [6, 6.07) is 3.32. The van der Waals surface area contributed by atoms with Crippen molar-refractivity contribution in [3.63, 3.8) is 0 Å². The monoisotopic (exact) mass is 367 g/mol. The molecule has 1 fully saturated rings. The van der Waals surface area contributed by atoms with Crippen LogP contribution in [0.1, 0.15) is 36.7 Å². The van der Waals surface area contributed by atoms with Crippen LogP contribution in [0, 0.1) is 6.92 Å². The Kier molecular flexibility index (Phi) is 5.83. The van der Waals surface area contributed by atoms with Crippen LogP contribution in [0.4, 0.5) is 4.79 Å². The Morgan fingerprint density at radius 2 is 1.68 bits per heavy atom. The predicted molar refractivity (Wildman–Crippen MR) is 98.5 cm³/mol. The molecule has 2 rings (SSSR count). The van der Waals surface area contributed by atoms with E-state index in [4.69, 9.17) is 16.3 Å². The van der Waals surface area contributed by atoms with E-state index >= 15 is 0 Å². The number of nitrogens with zero attached hydrogens (tertiary/aromatic N) is 2. The van der Waals surface area contributed by atoms with Gasteiger partial charge in [0.2, 0.25) is 0 Å². The van der Waals surface area contributed by atoms with Gasteiger partial charge in [0.1, 0.15) is 5.75 Å². The lowest BCUT2D eigenvalue weighted by atomic mass is 10.1. The molecule has 0 aromatic heterocycles. The first-order chi connectivity index (χ1) is 11.6. The largest absolute Gasteiger partial charge is 0.495 e. The van der Waals surface area contributed by atoms with Crippen LogP contribution in [0.5, 0.6) is 5.75 Å². The Bertz CT molecular complexity index is 662. The first kappa shape index (κ1) is 19.4. The molecule has 0 spiro atoms. The number of carbonyl (C=O) groups excluding carboxylic acids is 2. The van der Waals surface area contributed by atoms with E-state index in [0.29, 0.717) is 42.5 Å². The summed E-state index contributed by atoms with van der Waals surface area (Å²) in [4.78, 5) is 28.5. The number of nitrogens with one attached hydrogen (secondary N) is 1. The number of rotatable bonds is 2. The molecule has 0 bridgehead atoms. The van der Waals surface area contributed by atoms with Crippen molar-refractivity contribution in [2.75, 3.05) is 33.3 Å². The Morgan fingerprint density at radius 1 is 1.12 bits per heavy atom. The lowest BCUT2D eigenvalue weighted by Gasteiger charge is -2.36. The maximum atomic E-state index is 12.8. The summed E-state index contributed by atoms with van der Waals surface area (Å²) in [5, 5.41) is 3.36. The number of halogens is 1. The fraction of sp³-hybridized carbons (Fsp3) is 0.556. The molecule has 25 heavy (non-hydrogen) atoms. The van der Waals surface area contributed by atoms with E-state index in [2.05, 4.69) is 5.32 Å². The highest BCUT2D eigenvalue weighted by Crippen LogP contribution is 2.28. The van der Waals surface area contributed by atoms with Gasteiger partial charge < -0.3 is 19.9 Å². The Morgan fingerprint density at radius 3 is 2.20 bits per heavy atom. The van der Waals surface area contributed by atoms with Crippen LogP contribution in [0.15, 0.2) is 12.1 Å². The molecule has 0 aliphatic carbocycles. The average Bonchev–Trinajstić information content (AvgIpc) is 2.54. The molecule has 1 N–H and O–H groups in total. The minimum Gasteiger partial charge on any atom is -0.495 e. The molecule has 1 saturated heterocycles. The summed E-state index contributed by atoms with van der Waals surface area (Å²) in [6.45, 7) is 9.72. The molecule has 1 heterocycles. The topological polar surface area (TPSA) is 61.9 Å². The third kappa shape index (κ3) is 4.78. The lowest BCUT2D eigenvalue weighted by molar-refractivity contribution is 0.0660. The molecule has 1 aliphatic rings. The fourth-order valence-corrected chi connectivity index (χ4v) is 2.97. The number of hydrogen-bond acceptors (Lipinski definition) is 3. The zero-order valence-corrected chi connectivity index (χ0v) is 16.2. The number of piperazine rings is 1. The molecule has 1 aromatic rings. The zero-order chi connectivity index (χ0) is 18.8. The van der Waals surface area contributed by atoms with Crippen molar-refractivity contribution in [1.29, 1.82) is 0 Å². The number of amides is 3. The van der Waals surface area contributed by atoms with Crippen LogP contribution in [0.3, 0.4) is 0 Å². The van der Waals surface area contributed by atoms with Gasteiger partial charge in [0.05, 0.1) is 12.1 Å². The lowest BCUT2D eigenvalue weighted by Crippen LogP contribution is -2.56. The molecule has 1 aromatic carbocycles. The first-order valence-corrected chi connectivity index (χ1v) is 8.70. The standard InChI is InChI=1S/C18H26ClN3O3/c1-12-10-15(25-5)14(19)11-13(12)16(23)21-6-8-22(9-7-21)17(24)20-18(2,3)4/h10-11H,6-9H2,1-5H3,(H,20,24). The van der Waals surface area contributed by atoms with Gasteiger partial charge in [-0.05, 0) is 45.4 Å². The Balaban J connectivity index is 2.02. The molecule has 3 amide bonds. The van der Waals surface area contributed by atoms with Crippen molar-refractivity contribution in [2.45, 2.75) is 33.2 Å². The van der Waals surface area contributed by atoms with Gasteiger partial charge in [-0.3, -0.25) is 4.79 Å². The maximum absolute atomic E-state index is 12.8. The highest BCUT2D eigenvalue weighted by atomic mass is 35.5. The third-order valence-corrected chi connectivity index (χ3v) is 4.36. The van der Waals surface area contributed by atoms with Gasteiger partial charge in [0.25, 0.3) is 5.91 Å². The molecule has 1 aliphatic heterocycles. The summed E-state index contributed by atoms with van der Waals surface area (Å²) >= 11 is 6.15. The number of ether oxygens (including phenoxy) is 1. The van der Waals surface area contributed by atoms with Crippen molar-refractivity contribution in [1.82, 2.24) is 15.1 Å². The van der Waals surface area contributed by atoms with Crippen molar-refractivity contribution in [2.24, 2.45) is 0 Å². The number of hydrogen-bond donors (Lipinski definition) is 1. The molecular weight excluding hydrogens is 342 g/mol. The summed E-state index contributed by atoms with van der Waals surface area (Å²) in [6.07, 6.45) is 0. The third-order valence-electron chi connectivity index (χ3n) is 4.07. The first-order valence-electron chi connectivity index (χ1n) is 8.33. The smallest absolute Gasteiger partial charge is 0.317 e. The van der Waals surface area contributed by atoms with Crippen LogP contribution < -0.4 is 10.1 Å². The van der Waals surface area contributed by atoms with E-state index in [1.807, 2.05) is 27.7 Å². The van der Waals surface area contributed by atoms with Gasteiger partial charge >= 0.3 is 6.03 Å². The van der Waals surface area contributed by atoms with E-state index in [1.165, 1.54) is 0 Å². The van der Waals surface area contributed by atoms with Gasteiger partial charge in [0, 0.05) is 37.3 Å². The summed E-state index contributed by atoms with van der Waals surface area (Å²) in [5.41, 5.74) is 1.11. The van der Waals surface area contributed by atoms with Gasteiger partial charge in [-0.15, -0.1) is 0 Å². The van der Waals surface area contributed by atoms with Crippen molar-refractivity contribution < 1.29 is 14.3 Å². The van der Waals surface area contributed by atoms with Crippen molar-refractivity contribution in [3.8, 4) is 5.75 Å². The molecule has 7 heteroatoms. The van der Waals surface area contributed by atoms with Gasteiger partial charge in [-0.2, -0.15) is 0 Å². The number of carbonyl (C=O) groups is 2. The number of aryl methyl sites for hydroxylation is 1. The van der Waals surface area contributed by atoms with Crippen LogP contribution >= 0.6 is 11.6 Å². The van der Waals surface area contributed by atoms with E-state index in [9.17, 15) is 9.59 Å². The molecule has 138 valence electrons. The molecule has 6 nitrogen and oxygen atoms in total. The number of benzene rings is 1.